The van der Waals surface area contributed by atoms with Crippen LogP contribution in [0.25, 0.3) is 0 Å². The van der Waals surface area contributed by atoms with E-state index in [9.17, 15) is 0 Å². The molecular formula is C19H20Si. The third kappa shape index (κ3) is 2.30. The number of allylic oxidation sites excluding steroid dienone is 3. The lowest BCUT2D eigenvalue weighted by Crippen LogP contribution is -2.58. The molecule has 20 heavy (non-hydrogen) atoms. The van der Waals surface area contributed by atoms with E-state index >= 15 is 0 Å². The van der Waals surface area contributed by atoms with Gasteiger partial charge >= 0.3 is 0 Å². The Bertz CT molecular complexity index is 571. The summed E-state index contributed by atoms with van der Waals surface area (Å²) >= 11 is 0. The van der Waals surface area contributed by atoms with Crippen LogP contribution in [0.3, 0.4) is 0 Å². The van der Waals surface area contributed by atoms with E-state index in [4.69, 9.17) is 0 Å². The summed E-state index contributed by atoms with van der Waals surface area (Å²) in [5, 5.41) is 3.11. The molecule has 2 aromatic rings. The molecule has 1 heterocycles. The molecule has 2 aromatic carbocycles. The molecule has 0 spiro atoms. The predicted molar refractivity (Wildman–Crippen MR) is 90.4 cm³/mol. The van der Waals surface area contributed by atoms with Gasteiger partial charge in [-0.25, -0.2) is 0 Å². The second kappa shape index (κ2) is 5.64. The SMILES string of the molecule is C=CC1=CCC[Si](c2ccccc2)(c2ccccc2)C1. The second-order valence-electron chi connectivity index (χ2n) is 5.51. The summed E-state index contributed by atoms with van der Waals surface area (Å²) in [5.74, 6) is 0. The Morgan fingerprint density at radius 2 is 1.40 bits per heavy atom. The predicted octanol–water partition coefficient (Wildman–Crippen LogP) is 3.77. The number of hydrogen-bond acceptors (Lipinski definition) is 0. The molecule has 1 aliphatic heterocycles. The van der Waals surface area contributed by atoms with Crippen molar-refractivity contribution >= 4 is 18.4 Å². The van der Waals surface area contributed by atoms with Gasteiger partial charge in [-0.1, -0.05) is 95.3 Å². The van der Waals surface area contributed by atoms with Crippen molar-refractivity contribution in [3.63, 3.8) is 0 Å². The molecule has 3 rings (SSSR count). The topological polar surface area (TPSA) is 0 Å². The van der Waals surface area contributed by atoms with Gasteiger partial charge in [0.1, 0.15) is 8.07 Å². The van der Waals surface area contributed by atoms with Crippen LogP contribution >= 0.6 is 0 Å². The molecule has 0 fully saturated rings. The Hall–Kier alpha value is -1.86. The van der Waals surface area contributed by atoms with Crippen LogP contribution in [0.15, 0.2) is 85.0 Å². The summed E-state index contributed by atoms with van der Waals surface area (Å²) < 4.78 is 0. The number of hydrogen-bond donors (Lipinski definition) is 0. The summed E-state index contributed by atoms with van der Waals surface area (Å²) in [4.78, 5) is 0. The minimum atomic E-state index is -1.66. The van der Waals surface area contributed by atoms with Crippen molar-refractivity contribution in [3.05, 3.63) is 85.0 Å². The van der Waals surface area contributed by atoms with Crippen LogP contribution in [-0.2, 0) is 0 Å². The molecule has 0 saturated heterocycles. The minimum absolute atomic E-state index is 1.18. The van der Waals surface area contributed by atoms with Crippen molar-refractivity contribution in [1.29, 1.82) is 0 Å². The van der Waals surface area contributed by atoms with Crippen molar-refractivity contribution in [3.8, 4) is 0 Å². The van der Waals surface area contributed by atoms with Gasteiger partial charge < -0.3 is 0 Å². The first kappa shape index (κ1) is 13.1. The van der Waals surface area contributed by atoms with E-state index in [2.05, 4.69) is 73.3 Å². The second-order valence-corrected chi connectivity index (χ2v) is 9.69. The van der Waals surface area contributed by atoms with E-state index in [1.165, 1.54) is 24.1 Å². The van der Waals surface area contributed by atoms with Gasteiger partial charge in [-0.05, 0) is 18.5 Å². The molecule has 0 aromatic heterocycles. The summed E-state index contributed by atoms with van der Waals surface area (Å²) in [6.45, 7) is 3.99. The average molecular weight is 276 g/mol. The smallest absolute Gasteiger partial charge is 0.0988 e. The Kier molecular flexibility index (Phi) is 3.70. The number of rotatable bonds is 3. The standard InChI is InChI=1S/C19H20Si/c1-2-17-10-9-15-20(16-17,18-11-5-3-6-12-18)19-13-7-4-8-14-19/h2-8,10-14H,1,9,15-16H2. The van der Waals surface area contributed by atoms with Crippen LogP contribution in [0.2, 0.25) is 12.1 Å². The molecule has 0 amide bonds. The number of benzene rings is 2. The maximum atomic E-state index is 3.99. The summed E-state index contributed by atoms with van der Waals surface area (Å²) in [7, 11) is -1.66. The van der Waals surface area contributed by atoms with E-state index in [0.29, 0.717) is 0 Å². The first-order valence-corrected chi connectivity index (χ1v) is 9.69. The van der Waals surface area contributed by atoms with E-state index in [1.54, 1.807) is 10.4 Å². The van der Waals surface area contributed by atoms with Crippen LogP contribution < -0.4 is 10.4 Å². The highest BCUT2D eigenvalue weighted by Crippen LogP contribution is 2.29. The van der Waals surface area contributed by atoms with Crippen molar-refractivity contribution in [2.45, 2.75) is 18.5 Å². The maximum absolute atomic E-state index is 3.99. The molecule has 0 aliphatic carbocycles. The third-order valence-electron chi connectivity index (χ3n) is 4.40. The Balaban J connectivity index is 2.14. The Morgan fingerprint density at radius 3 is 1.90 bits per heavy atom. The van der Waals surface area contributed by atoms with E-state index in [1.807, 2.05) is 6.08 Å². The molecule has 1 aliphatic rings. The zero-order chi connectivity index (χ0) is 13.8. The molecule has 0 atom stereocenters. The van der Waals surface area contributed by atoms with Crippen molar-refractivity contribution in [2.24, 2.45) is 0 Å². The maximum Gasteiger partial charge on any atom is 0.122 e. The fourth-order valence-electron chi connectivity index (χ4n) is 3.34. The molecule has 0 nitrogen and oxygen atoms in total. The molecule has 0 bridgehead atoms. The normalized spacial score (nSPS) is 17.3. The summed E-state index contributed by atoms with van der Waals surface area (Å²) in [6.07, 6.45) is 5.59. The quantitative estimate of drug-likeness (QED) is 0.749. The highest BCUT2D eigenvalue weighted by molar-refractivity contribution is 7.02. The fraction of sp³-hybridized carbons (Fsp3) is 0.158. The van der Waals surface area contributed by atoms with Crippen LogP contribution in [0.1, 0.15) is 6.42 Å². The summed E-state index contributed by atoms with van der Waals surface area (Å²) in [6, 6.07) is 24.7. The summed E-state index contributed by atoms with van der Waals surface area (Å²) in [5.41, 5.74) is 1.43. The van der Waals surface area contributed by atoms with Gasteiger partial charge in [-0.3, -0.25) is 0 Å². The van der Waals surface area contributed by atoms with E-state index in [0.717, 1.165) is 0 Å². The molecule has 0 saturated carbocycles. The highest BCUT2D eigenvalue weighted by atomic mass is 28.3. The Labute approximate surface area is 122 Å². The largest absolute Gasteiger partial charge is 0.122 e. The van der Waals surface area contributed by atoms with Crippen molar-refractivity contribution < 1.29 is 0 Å². The molecule has 100 valence electrons. The Morgan fingerprint density at radius 1 is 0.850 bits per heavy atom. The van der Waals surface area contributed by atoms with Crippen molar-refractivity contribution in [1.82, 2.24) is 0 Å². The van der Waals surface area contributed by atoms with Gasteiger partial charge in [0.25, 0.3) is 0 Å². The van der Waals surface area contributed by atoms with Crippen LogP contribution in [0.4, 0.5) is 0 Å². The molecular weight excluding hydrogens is 256 g/mol. The van der Waals surface area contributed by atoms with Gasteiger partial charge in [-0.2, -0.15) is 0 Å². The first-order chi connectivity index (χ1) is 9.85. The van der Waals surface area contributed by atoms with Gasteiger partial charge in [-0.15, -0.1) is 0 Å². The molecule has 0 N–H and O–H groups in total. The zero-order valence-electron chi connectivity index (χ0n) is 11.8. The third-order valence-corrected chi connectivity index (χ3v) is 9.43. The lowest BCUT2D eigenvalue weighted by molar-refractivity contribution is 1.10. The average Bonchev–Trinajstić information content (AvgIpc) is 2.56. The van der Waals surface area contributed by atoms with Crippen LogP contribution in [-0.4, -0.2) is 8.07 Å². The van der Waals surface area contributed by atoms with E-state index in [-0.39, 0.29) is 0 Å². The molecule has 1 heteroatoms. The molecule has 0 radical (unpaired) electrons. The van der Waals surface area contributed by atoms with Crippen LogP contribution in [0.5, 0.6) is 0 Å². The monoisotopic (exact) mass is 276 g/mol. The van der Waals surface area contributed by atoms with Gasteiger partial charge in [0.15, 0.2) is 0 Å². The van der Waals surface area contributed by atoms with Gasteiger partial charge in [0, 0.05) is 0 Å². The minimum Gasteiger partial charge on any atom is -0.0988 e. The van der Waals surface area contributed by atoms with Crippen molar-refractivity contribution in [2.75, 3.05) is 0 Å². The zero-order valence-corrected chi connectivity index (χ0v) is 12.8. The highest BCUT2D eigenvalue weighted by Gasteiger charge is 2.38. The molecule has 0 unspecified atom stereocenters. The van der Waals surface area contributed by atoms with Gasteiger partial charge in [0.2, 0.25) is 0 Å². The lowest BCUT2D eigenvalue weighted by Gasteiger charge is -2.36. The van der Waals surface area contributed by atoms with E-state index < -0.39 is 8.07 Å². The fourth-order valence-corrected chi connectivity index (χ4v) is 8.12. The van der Waals surface area contributed by atoms with Gasteiger partial charge in [0.05, 0.1) is 0 Å². The first-order valence-electron chi connectivity index (χ1n) is 7.28. The van der Waals surface area contributed by atoms with Crippen LogP contribution in [0, 0.1) is 0 Å². The lowest BCUT2D eigenvalue weighted by atomic mass is 10.2.